The van der Waals surface area contributed by atoms with E-state index >= 15 is 0 Å². The van der Waals surface area contributed by atoms with E-state index in [1.807, 2.05) is 13.8 Å². The monoisotopic (exact) mass is 478 g/mol. The van der Waals surface area contributed by atoms with Gasteiger partial charge in [-0.25, -0.2) is 18.7 Å². The molecule has 11 nitrogen and oxygen atoms in total. The van der Waals surface area contributed by atoms with Crippen LogP contribution in [0.1, 0.15) is 31.3 Å². The second-order valence-electron chi connectivity index (χ2n) is 8.07. The third kappa shape index (κ3) is 4.60. The van der Waals surface area contributed by atoms with Gasteiger partial charge < -0.3 is 9.84 Å². The van der Waals surface area contributed by atoms with Crippen LogP contribution in [0.15, 0.2) is 53.4 Å². The predicted molar refractivity (Wildman–Crippen MR) is 120 cm³/mol. The van der Waals surface area contributed by atoms with E-state index in [0.717, 1.165) is 6.20 Å². The van der Waals surface area contributed by atoms with Gasteiger partial charge >= 0.3 is 0 Å². The minimum atomic E-state index is -0.648. The van der Waals surface area contributed by atoms with Gasteiger partial charge in [-0.15, -0.1) is 10.2 Å². The quantitative estimate of drug-likeness (QED) is 0.342. The zero-order chi connectivity index (χ0) is 24.4. The molecule has 0 saturated carbocycles. The number of halogens is 2. The van der Waals surface area contributed by atoms with Crippen molar-refractivity contribution in [1.82, 2.24) is 45.5 Å². The standard InChI is InChI=1S/C22H20F2N10O/c1-12(2)19(22-28-32-33-29-22)26-20-15(24)10-25-21(27-20)17-9-18(16-7-8-35-31-16)34(30-17)11-13-5-3-4-6-14(13)23/h3-10,12,19H,11H2,1-2H3,(H,25,26,27)(H,28,29,32,33). The summed E-state index contributed by atoms with van der Waals surface area (Å²) in [5, 5.41) is 25.5. The summed E-state index contributed by atoms with van der Waals surface area (Å²) in [5.74, 6) is -0.496. The van der Waals surface area contributed by atoms with Gasteiger partial charge in [0.1, 0.15) is 23.5 Å². The Balaban J connectivity index is 1.52. The molecule has 0 fully saturated rings. The molecule has 4 heterocycles. The zero-order valence-corrected chi connectivity index (χ0v) is 18.7. The fourth-order valence-corrected chi connectivity index (χ4v) is 3.56. The highest BCUT2D eigenvalue weighted by Gasteiger charge is 2.23. The highest BCUT2D eigenvalue weighted by Crippen LogP contribution is 2.28. The molecule has 0 bridgehead atoms. The number of anilines is 1. The normalized spacial score (nSPS) is 12.3. The molecule has 2 N–H and O–H groups in total. The molecular formula is C22H20F2N10O. The second-order valence-corrected chi connectivity index (χ2v) is 8.07. The molecule has 0 radical (unpaired) electrons. The molecule has 0 aliphatic rings. The first-order valence-electron chi connectivity index (χ1n) is 10.7. The lowest BCUT2D eigenvalue weighted by Gasteiger charge is -2.19. The maximum absolute atomic E-state index is 14.6. The number of hydrogen-bond acceptors (Lipinski definition) is 9. The average Bonchev–Trinajstić information content (AvgIpc) is 3.62. The van der Waals surface area contributed by atoms with Gasteiger partial charge in [0.15, 0.2) is 23.3 Å². The van der Waals surface area contributed by atoms with Crippen molar-refractivity contribution in [2.24, 2.45) is 5.92 Å². The van der Waals surface area contributed by atoms with Gasteiger partial charge in [0.05, 0.1) is 24.5 Å². The highest BCUT2D eigenvalue weighted by atomic mass is 19.1. The molecule has 0 aliphatic carbocycles. The predicted octanol–water partition coefficient (Wildman–Crippen LogP) is 3.64. The smallest absolute Gasteiger partial charge is 0.196 e. The van der Waals surface area contributed by atoms with E-state index in [1.165, 1.54) is 12.3 Å². The van der Waals surface area contributed by atoms with Gasteiger partial charge in [-0.05, 0) is 18.1 Å². The summed E-state index contributed by atoms with van der Waals surface area (Å²) in [5.41, 5.74) is 1.85. The molecule has 0 saturated heterocycles. The largest absolute Gasteiger partial charge is 0.364 e. The number of benzene rings is 1. The average molecular weight is 478 g/mol. The first-order chi connectivity index (χ1) is 17.0. The molecule has 178 valence electrons. The number of aromatic nitrogens is 9. The maximum Gasteiger partial charge on any atom is 0.196 e. The lowest BCUT2D eigenvalue weighted by molar-refractivity contribution is 0.421. The van der Waals surface area contributed by atoms with E-state index in [9.17, 15) is 8.78 Å². The molecule has 4 aromatic heterocycles. The Kier molecular flexibility index (Phi) is 5.95. The first-order valence-corrected chi connectivity index (χ1v) is 10.7. The molecule has 1 aromatic carbocycles. The van der Waals surface area contributed by atoms with Crippen molar-refractivity contribution in [3.05, 3.63) is 71.9 Å². The van der Waals surface area contributed by atoms with Crippen molar-refractivity contribution in [2.45, 2.75) is 26.4 Å². The fraction of sp³-hybridized carbons (Fsp3) is 0.227. The van der Waals surface area contributed by atoms with Crippen molar-refractivity contribution in [3.63, 3.8) is 0 Å². The number of tetrazole rings is 1. The second kappa shape index (κ2) is 9.37. The van der Waals surface area contributed by atoms with Gasteiger partial charge in [0, 0.05) is 11.6 Å². The third-order valence-corrected chi connectivity index (χ3v) is 5.33. The number of rotatable bonds is 8. The van der Waals surface area contributed by atoms with Gasteiger partial charge in [-0.1, -0.05) is 42.4 Å². The van der Waals surface area contributed by atoms with Crippen LogP contribution in [0.2, 0.25) is 0 Å². The summed E-state index contributed by atoms with van der Waals surface area (Å²) in [4.78, 5) is 8.47. The Morgan fingerprint density at radius 1 is 1.11 bits per heavy atom. The Morgan fingerprint density at radius 3 is 2.69 bits per heavy atom. The molecule has 1 atom stereocenters. The molecule has 1 unspecified atom stereocenters. The van der Waals surface area contributed by atoms with Crippen LogP contribution in [0.4, 0.5) is 14.6 Å². The van der Waals surface area contributed by atoms with Crippen LogP contribution in [0.25, 0.3) is 22.9 Å². The maximum atomic E-state index is 14.6. The highest BCUT2D eigenvalue weighted by molar-refractivity contribution is 5.63. The van der Waals surface area contributed by atoms with Crippen LogP contribution in [0.5, 0.6) is 0 Å². The van der Waals surface area contributed by atoms with E-state index in [0.29, 0.717) is 28.5 Å². The van der Waals surface area contributed by atoms with E-state index < -0.39 is 11.9 Å². The van der Waals surface area contributed by atoms with Crippen LogP contribution in [-0.2, 0) is 6.54 Å². The van der Waals surface area contributed by atoms with Crippen molar-refractivity contribution in [2.75, 3.05) is 5.32 Å². The van der Waals surface area contributed by atoms with E-state index in [4.69, 9.17) is 4.52 Å². The summed E-state index contributed by atoms with van der Waals surface area (Å²) < 4.78 is 35.5. The number of H-pyrrole nitrogens is 1. The topological polar surface area (TPSA) is 136 Å². The number of nitrogens with one attached hydrogen (secondary N) is 2. The Hall–Kier alpha value is -4.55. The van der Waals surface area contributed by atoms with Crippen molar-refractivity contribution in [1.29, 1.82) is 0 Å². The molecule has 5 rings (SSSR count). The van der Waals surface area contributed by atoms with Crippen LogP contribution < -0.4 is 5.32 Å². The van der Waals surface area contributed by atoms with Crippen LogP contribution in [0.3, 0.4) is 0 Å². The van der Waals surface area contributed by atoms with Gasteiger partial charge in [-0.3, -0.25) is 4.68 Å². The van der Waals surface area contributed by atoms with Gasteiger partial charge in [0.25, 0.3) is 0 Å². The molecule has 0 spiro atoms. The van der Waals surface area contributed by atoms with E-state index in [-0.39, 0.29) is 29.9 Å². The summed E-state index contributed by atoms with van der Waals surface area (Å²) in [7, 11) is 0. The van der Waals surface area contributed by atoms with E-state index in [2.05, 4.69) is 46.2 Å². The van der Waals surface area contributed by atoms with Crippen molar-refractivity contribution >= 4 is 5.82 Å². The lowest BCUT2D eigenvalue weighted by Crippen LogP contribution is -2.20. The molecular weight excluding hydrogens is 458 g/mol. The zero-order valence-electron chi connectivity index (χ0n) is 18.7. The van der Waals surface area contributed by atoms with Crippen LogP contribution in [-0.4, -0.2) is 45.5 Å². The minimum Gasteiger partial charge on any atom is -0.364 e. The number of aromatic amines is 1. The van der Waals surface area contributed by atoms with E-state index in [1.54, 1.807) is 35.0 Å². The molecule has 0 amide bonds. The SMILES string of the molecule is CC(C)C(Nc1nc(-c2cc(-c3ccon3)n(Cc3ccccc3F)n2)ncc1F)c1nn[nH]n1. The number of nitrogens with zero attached hydrogens (tertiary/aromatic N) is 8. The Morgan fingerprint density at radius 2 is 1.97 bits per heavy atom. The number of hydrogen-bond donors (Lipinski definition) is 2. The summed E-state index contributed by atoms with van der Waals surface area (Å²) in [6.07, 6.45) is 2.49. The molecule has 13 heteroatoms. The van der Waals surface area contributed by atoms with Gasteiger partial charge in [-0.2, -0.15) is 10.3 Å². The first kappa shape index (κ1) is 22.3. The van der Waals surface area contributed by atoms with Crippen molar-refractivity contribution < 1.29 is 13.3 Å². The Labute approximate surface area is 197 Å². The van der Waals surface area contributed by atoms with Crippen LogP contribution >= 0.6 is 0 Å². The third-order valence-electron chi connectivity index (χ3n) is 5.33. The summed E-state index contributed by atoms with van der Waals surface area (Å²) >= 11 is 0. The molecule has 35 heavy (non-hydrogen) atoms. The van der Waals surface area contributed by atoms with Gasteiger partial charge in [0.2, 0.25) is 0 Å². The molecule has 0 aliphatic heterocycles. The molecule has 5 aromatic rings. The van der Waals surface area contributed by atoms with Crippen molar-refractivity contribution in [3.8, 4) is 22.9 Å². The van der Waals surface area contributed by atoms with Crippen LogP contribution in [0, 0.1) is 17.6 Å². The summed E-state index contributed by atoms with van der Waals surface area (Å²) in [6.45, 7) is 4.00. The fourth-order valence-electron chi connectivity index (χ4n) is 3.56. The Bertz CT molecular complexity index is 1420. The summed E-state index contributed by atoms with van der Waals surface area (Å²) in [6, 6.07) is 9.31. The lowest BCUT2D eigenvalue weighted by atomic mass is 10.0. The minimum absolute atomic E-state index is 0.00385.